The second-order valence-electron chi connectivity index (χ2n) is 24.8. The fourth-order valence-corrected chi connectivity index (χ4v) is 15.7. The van der Waals surface area contributed by atoms with Crippen molar-refractivity contribution in [3.8, 4) is 0 Å². The standard InChI is InChI=1S/C52H88O21/c1-23(2)10-9-14-52(8,73-47-43(65)39(61)36(58)28(71-47)21-67-44-41(63)37(59)29(22-68-44)70-45-40(62)34(56)26(55)20-66-45)24-11-16-51(7)33(24)25(54)18-31-49(5)15-13-32(48(3,4)30(49)12-17-50(31,51)6)72-46-42(64)38(60)35(57)27(19-53)69-46/h10,24-47,53-65H,9,11-22H2,1-8H3/t24-,25+,26+,27+,28+,29+,30-,31+,32-,33-,34-,35+,36+,37-,38-,39-,40+,41-,42+,43+,44-,45-,46-,47-,49-,50+,51+,52-/m0/s1. The average molecular weight is 1050 g/mol. The van der Waals surface area contributed by atoms with Crippen LogP contribution < -0.4 is 0 Å². The van der Waals surface area contributed by atoms with Gasteiger partial charge in [0.15, 0.2) is 25.2 Å². The number of fused-ring (bicyclic) bond motifs is 5. The van der Waals surface area contributed by atoms with Crippen LogP contribution in [0.25, 0.3) is 0 Å². The number of hydrogen-bond donors (Lipinski definition) is 13. The van der Waals surface area contributed by atoms with Gasteiger partial charge >= 0.3 is 0 Å². The number of aliphatic hydroxyl groups is 13. The number of allylic oxidation sites excluding steroid dienone is 2. The Morgan fingerprint density at radius 3 is 1.88 bits per heavy atom. The lowest BCUT2D eigenvalue weighted by molar-refractivity contribution is -0.351. The van der Waals surface area contributed by atoms with Crippen molar-refractivity contribution in [3.63, 3.8) is 0 Å². The van der Waals surface area contributed by atoms with Crippen LogP contribution in [0.5, 0.6) is 0 Å². The molecule has 0 unspecified atom stereocenters. The van der Waals surface area contributed by atoms with Crippen LogP contribution in [-0.4, -0.2) is 221 Å². The van der Waals surface area contributed by atoms with Crippen molar-refractivity contribution in [2.75, 3.05) is 26.4 Å². The fourth-order valence-electron chi connectivity index (χ4n) is 15.7. The summed E-state index contributed by atoms with van der Waals surface area (Å²) in [5.41, 5.74) is -1.15. The minimum absolute atomic E-state index is 0.119. The van der Waals surface area contributed by atoms with Crippen molar-refractivity contribution in [1.82, 2.24) is 0 Å². The van der Waals surface area contributed by atoms with Gasteiger partial charge in [-0.3, -0.25) is 0 Å². The van der Waals surface area contributed by atoms with Gasteiger partial charge in [0.05, 0.1) is 44.2 Å². The van der Waals surface area contributed by atoms with E-state index in [2.05, 4.69) is 40.7 Å². The zero-order valence-corrected chi connectivity index (χ0v) is 43.7. The Kier molecular flexibility index (Phi) is 17.4. The summed E-state index contributed by atoms with van der Waals surface area (Å²) in [6, 6.07) is 0. The molecule has 8 fully saturated rings. The molecule has 73 heavy (non-hydrogen) atoms. The Morgan fingerprint density at radius 2 is 1.21 bits per heavy atom. The average Bonchev–Trinajstić information content (AvgIpc) is 3.72. The van der Waals surface area contributed by atoms with E-state index in [4.69, 9.17) is 37.9 Å². The maximum Gasteiger partial charge on any atom is 0.187 e. The second-order valence-corrected chi connectivity index (χ2v) is 24.8. The molecule has 0 bridgehead atoms. The Morgan fingerprint density at radius 1 is 0.603 bits per heavy atom. The molecule has 4 aliphatic carbocycles. The molecule has 0 amide bonds. The van der Waals surface area contributed by atoms with Gasteiger partial charge in [-0.25, -0.2) is 0 Å². The first-order valence-corrected chi connectivity index (χ1v) is 26.7. The van der Waals surface area contributed by atoms with E-state index in [1.54, 1.807) is 0 Å². The van der Waals surface area contributed by atoms with Gasteiger partial charge in [0, 0.05) is 0 Å². The Balaban J connectivity index is 0.965. The molecule has 422 valence electrons. The first-order chi connectivity index (χ1) is 34.1. The van der Waals surface area contributed by atoms with Gasteiger partial charge in [0.2, 0.25) is 0 Å². The van der Waals surface area contributed by atoms with E-state index in [0.717, 1.165) is 31.3 Å². The van der Waals surface area contributed by atoms with E-state index in [1.807, 2.05) is 20.8 Å². The molecule has 4 saturated heterocycles. The van der Waals surface area contributed by atoms with Gasteiger partial charge < -0.3 is 104 Å². The van der Waals surface area contributed by atoms with Crippen molar-refractivity contribution >= 4 is 0 Å². The van der Waals surface area contributed by atoms with Crippen molar-refractivity contribution in [2.24, 2.45) is 45.3 Å². The third kappa shape index (κ3) is 10.3. The topological polar surface area (TPSA) is 337 Å². The fraction of sp³-hybridized carbons (Fsp3) is 0.962. The first kappa shape index (κ1) is 58.1. The summed E-state index contributed by atoms with van der Waals surface area (Å²) in [5, 5.41) is 141. The molecule has 0 aromatic rings. The highest BCUT2D eigenvalue weighted by Gasteiger charge is 2.72. The molecule has 0 aromatic carbocycles. The second kappa shape index (κ2) is 21.9. The minimum Gasteiger partial charge on any atom is -0.394 e. The van der Waals surface area contributed by atoms with Gasteiger partial charge in [-0.15, -0.1) is 0 Å². The van der Waals surface area contributed by atoms with Crippen molar-refractivity contribution in [3.05, 3.63) is 11.6 Å². The lowest BCUT2D eigenvalue weighted by Crippen LogP contribution is -2.67. The van der Waals surface area contributed by atoms with Crippen LogP contribution in [0.4, 0.5) is 0 Å². The summed E-state index contributed by atoms with van der Waals surface area (Å²) in [6.45, 7) is 15.7. The predicted molar refractivity (Wildman–Crippen MR) is 254 cm³/mol. The van der Waals surface area contributed by atoms with Crippen molar-refractivity contribution in [2.45, 2.75) is 242 Å². The lowest BCUT2D eigenvalue weighted by atomic mass is 9.35. The molecule has 4 saturated carbocycles. The van der Waals surface area contributed by atoms with E-state index in [-0.39, 0.29) is 59.2 Å². The van der Waals surface area contributed by atoms with Crippen LogP contribution in [0.2, 0.25) is 0 Å². The highest BCUT2D eigenvalue weighted by atomic mass is 16.7. The number of ether oxygens (including phenoxy) is 8. The van der Waals surface area contributed by atoms with Gasteiger partial charge in [-0.05, 0) is 124 Å². The number of hydrogen-bond acceptors (Lipinski definition) is 21. The summed E-state index contributed by atoms with van der Waals surface area (Å²) in [4.78, 5) is 0. The molecule has 8 aliphatic rings. The van der Waals surface area contributed by atoms with Crippen molar-refractivity contribution < 1.29 is 104 Å². The Labute approximate surface area is 428 Å². The van der Waals surface area contributed by atoms with Crippen LogP contribution in [0.15, 0.2) is 11.6 Å². The van der Waals surface area contributed by atoms with Crippen LogP contribution in [0, 0.1) is 45.3 Å². The quantitative estimate of drug-likeness (QED) is 0.0739. The van der Waals surface area contributed by atoms with E-state index in [0.29, 0.717) is 32.1 Å². The van der Waals surface area contributed by atoms with E-state index < -0.39 is 141 Å². The van der Waals surface area contributed by atoms with Gasteiger partial charge in [0.1, 0.15) is 85.5 Å². The van der Waals surface area contributed by atoms with Gasteiger partial charge in [-0.1, -0.05) is 46.3 Å². The molecule has 8 rings (SSSR count). The maximum atomic E-state index is 12.7. The summed E-state index contributed by atoms with van der Waals surface area (Å²) in [6.07, 6.45) is -19.4. The molecule has 0 radical (unpaired) electrons. The zero-order valence-electron chi connectivity index (χ0n) is 43.7. The van der Waals surface area contributed by atoms with E-state index >= 15 is 0 Å². The third-order valence-electron chi connectivity index (χ3n) is 20.1. The number of rotatable bonds is 14. The van der Waals surface area contributed by atoms with Gasteiger partial charge in [0.25, 0.3) is 0 Å². The number of aliphatic hydroxyl groups excluding tert-OH is 13. The first-order valence-electron chi connectivity index (χ1n) is 26.7. The minimum atomic E-state index is -1.74. The molecule has 4 heterocycles. The molecule has 13 N–H and O–H groups in total. The van der Waals surface area contributed by atoms with Crippen LogP contribution >= 0.6 is 0 Å². The largest absolute Gasteiger partial charge is 0.394 e. The zero-order chi connectivity index (χ0) is 53.5. The highest BCUT2D eigenvalue weighted by Crippen LogP contribution is 2.76. The summed E-state index contributed by atoms with van der Waals surface area (Å²) in [5.74, 6) is -0.186. The molecule has 28 atom stereocenters. The highest BCUT2D eigenvalue weighted by molar-refractivity contribution is 5.20. The molecule has 21 heteroatoms. The Hall–Kier alpha value is -1.10. The molecule has 0 spiro atoms. The SMILES string of the molecule is CC(C)=CCC[C@](C)(O[C@@H]1O[C@H](CO[C@H]2OC[C@@H](O[C@@H]3OC[C@@H](O)[C@H](O)[C@H]3O)[C@H](O)[C@@H]2O)[C@@H](O)[C@H](O)[C@H]1O)[C@H]1CC[C@]2(C)[C@@H]1[C@H](O)C[C@@H]1[C@@]3(C)CC[C@H](O[C@@H]4O[C@H](CO)[C@@H](O)[C@H](O)[C@H]4O)C(C)(C)[C@@H]3CC[C@]12C. The normalized spacial score (nSPS) is 52.8. The predicted octanol–water partition coefficient (Wildman–Crippen LogP) is -0.924. The third-order valence-corrected chi connectivity index (χ3v) is 20.1. The lowest BCUT2D eigenvalue weighted by Gasteiger charge is -2.71. The van der Waals surface area contributed by atoms with E-state index in [9.17, 15) is 66.4 Å². The van der Waals surface area contributed by atoms with Crippen LogP contribution in [0.1, 0.15) is 113 Å². The molecular weight excluding hydrogens is 961 g/mol. The molecule has 21 nitrogen and oxygen atoms in total. The smallest absolute Gasteiger partial charge is 0.187 e. The van der Waals surface area contributed by atoms with Crippen LogP contribution in [-0.2, 0) is 37.9 Å². The molecular formula is C52H88O21. The summed E-state index contributed by atoms with van der Waals surface area (Å²) in [7, 11) is 0. The van der Waals surface area contributed by atoms with Crippen LogP contribution in [0.3, 0.4) is 0 Å². The summed E-state index contributed by atoms with van der Waals surface area (Å²) < 4.78 is 47.9. The molecule has 4 aliphatic heterocycles. The van der Waals surface area contributed by atoms with Gasteiger partial charge in [-0.2, -0.15) is 0 Å². The van der Waals surface area contributed by atoms with E-state index in [1.165, 1.54) is 0 Å². The monoisotopic (exact) mass is 1050 g/mol. The van der Waals surface area contributed by atoms with Crippen molar-refractivity contribution in [1.29, 1.82) is 0 Å². The summed E-state index contributed by atoms with van der Waals surface area (Å²) >= 11 is 0. The Bertz CT molecular complexity index is 1890. The maximum absolute atomic E-state index is 12.7. The molecule has 0 aromatic heterocycles.